The highest BCUT2D eigenvalue weighted by Gasteiger charge is 2.16. The molecule has 0 spiro atoms. The van der Waals surface area contributed by atoms with E-state index < -0.39 is 8.24 Å². The van der Waals surface area contributed by atoms with Crippen LogP contribution in [0.4, 0.5) is 0 Å². The van der Waals surface area contributed by atoms with Gasteiger partial charge in [-0.3, -0.25) is 0 Å². The predicted molar refractivity (Wildman–Crippen MR) is 37.0 cm³/mol. The summed E-state index contributed by atoms with van der Waals surface area (Å²) in [5.41, 5.74) is 0. The van der Waals surface area contributed by atoms with Gasteiger partial charge in [0, 0.05) is 0 Å². The molecule has 0 fully saturated rings. The molecule has 0 radical (unpaired) electrons. The minimum absolute atomic E-state index is 1.14. The van der Waals surface area contributed by atoms with Crippen molar-refractivity contribution in [1.82, 2.24) is 4.08 Å². The molecule has 0 aliphatic heterocycles. The molecule has 0 saturated carbocycles. The molecule has 0 saturated heterocycles. The van der Waals surface area contributed by atoms with Crippen molar-refractivity contribution in [2.75, 3.05) is 7.05 Å². The van der Waals surface area contributed by atoms with Gasteiger partial charge in [-0.05, 0) is 18.8 Å². The number of nitrogens with zero attached hydrogens (tertiary/aromatic N) is 1. The lowest BCUT2D eigenvalue weighted by atomic mass is 11.6. The van der Waals surface area contributed by atoms with Crippen LogP contribution in [0.3, 0.4) is 0 Å². The Morgan fingerprint density at radius 2 is 1.43 bits per heavy atom. The van der Waals surface area contributed by atoms with Gasteiger partial charge in [-0.2, -0.15) is 0 Å². The van der Waals surface area contributed by atoms with E-state index in [1.165, 1.54) is 0 Å². The third-order valence-corrected chi connectivity index (χ3v) is 4.29. The summed E-state index contributed by atoms with van der Waals surface area (Å²) in [6.45, 7) is 6.58. The van der Waals surface area contributed by atoms with Gasteiger partial charge in [-0.25, -0.2) is 4.08 Å². The Balaban J connectivity index is 3.54. The van der Waals surface area contributed by atoms with Crippen molar-refractivity contribution >= 4 is 20.0 Å². The lowest BCUT2D eigenvalue weighted by Crippen LogP contribution is -2.35. The van der Waals surface area contributed by atoms with E-state index in [1.54, 1.807) is 4.08 Å². The van der Waals surface area contributed by atoms with Gasteiger partial charge in [0.2, 0.25) is 0 Å². The van der Waals surface area contributed by atoms with Crippen LogP contribution in [0.1, 0.15) is 0 Å². The van der Waals surface area contributed by atoms with Crippen molar-refractivity contribution in [2.45, 2.75) is 19.6 Å². The largest absolute Gasteiger partial charge is 0.246 e. The summed E-state index contributed by atoms with van der Waals surface area (Å²) in [5, 5.41) is 0. The number of rotatable bonds is 1. The van der Waals surface area contributed by atoms with Crippen LogP contribution in [-0.2, 0) is 0 Å². The van der Waals surface area contributed by atoms with Crippen molar-refractivity contribution in [3.63, 3.8) is 0 Å². The SMILES string of the molecule is CN(Cl)[Si](C)(C)C. The molecular weight excluding hydrogens is 126 g/mol. The fourth-order valence-corrected chi connectivity index (χ4v) is 0. The van der Waals surface area contributed by atoms with Gasteiger partial charge < -0.3 is 0 Å². The first kappa shape index (κ1) is 7.47. The zero-order chi connectivity index (χ0) is 6.08. The van der Waals surface area contributed by atoms with Crippen LogP contribution >= 0.6 is 11.8 Å². The molecule has 0 heterocycles. The van der Waals surface area contributed by atoms with Crippen molar-refractivity contribution in [3.05, 3.63) is 0 Å². The van der Waals surface area contributed by atoms with Gasteiger partial charge in [-0.15, -0.1) is 0 Å². The molecule has 0 rings (SSSR count). The number of halogens is 1. The first-order chi connectivity index (χ1) is 2.94. The van der Waals surface area contributed by atoms with Gasteiger partial charge >= 0.3 is 0 Å². The average molecular weight is 138 g/mol. The minimum Gasteiger partial charge on any atom is -0.246 e. The van der Waals surface area contributed by atoms with Crippen LogP contribution in [0.15, 0.2) is 0 Å². The molecule has 0 aromatic heterocycles. The van der Waals surface area contributed by atoms with Crippen LogP contribution in [0.25, 0.3) is 0 Å². The van der Waals surface area contributed by atoms with Gasteiger partial charge in [0.05, 0.1) is 0 Å². The summed E-state index contributed by atoms with van der Waals surface area (Å²) in [6.07, 6.45) is 0. The third kappa shape index (κ3) is 3.09. The third-order valence-electron chi connectivity index (χ3n) is 0.924. The van der Waals surface area contributed by atoms with E-state index in [0.717, 1.165) is 0 Å². The molecule has 0 aromatic carbocycles. The van der Waals surface area contributed by atoms with E-state index in [1.807, 2.05) is 7.05 Å². The Morgan fingerprint density at radius 1 is 1.29 bits per heavy atom. The number of hydrogen-bond acceptors (Lipinski definition) is 1. The zero-order valence-electron chi connectivity index (χ0n) is 5.33. The van der Waals surface area contributed by atoms with Gasteiger partial charge in [0.1, 0.15) is 8.24 Å². The first-order valence-electron chi connectivity index (χ1n) is 2.34. The normalized spacial score (nSPS) is 12.9. The van der Waals surface area contributed by atoms with Crippen molar-refractivity contribution < 1.29 is 0 Å². The quantitative estimate of drug-likeness (QED) is 0.394. The molecule has 1 nitrogen and oxygen atoms in total. The summed E-state index contributed by atoms with van der Waals surface area (Å²) in [7, 11) is 0.775. The van der Waals surface area contributed by atoms with Gasteiger partial charge in [-0.1, -0.05) is 19.6 Å². The molecule has 0 bridgehead atoms. The van der Waals surface area contributed by atoms with Crippen LogP contribution in [-0.4, -0.2) is 19.4 Å². The van der Waals surface area contributed by atoms with E-state index in [-0.39, 0.29) is 0 Å². The van der Waals surface area contributed by atoms with Gasteiger partial charge in [0.25, 0.3) is 0 Å². The average Bonchev–Trinajstić information content (AvgIpc) is 1.31. The molecular formula is C4H12ClNSi. The molecule has 0 unspecified atom stereocenters. The molecule has 44 valence electrons. The van der Waals surface area contributed by atoms with Gasteiger partial charge in [0.15, 0.2) is 0 Å². The Bertz CT molecular complexity index is 57.2. The Morgan fingerprint density at radius 3 is 1.43 bits per heavy atom. The van der Waals surface area contributed by atoms with E-state index in [4.69, 9.17) is 11.8 Å². The van der Waals surface area contributed by atoms with E-state index in [2.05, 4.69) is 19.6 Å². The van der Waals surface area contributed by atoms with Crippen LogP contribution in [0, 0.1) is 0 Å². The second kappa shape index (κ2) is 2.16. The zero-order valence-corrected chi connectivity index (χ0v) is 7.08. The topological polar surface area (TPSA) is 3.24 Å². The lowest BCUT2D eigenvalue weighted by Gasteiger charge is -2.21. The molecule has 0 atom stereocenters. The highest BCUT2D eigenvalue weighted by Crippen LogP contribution is 2.07. The molecule has 7 heavy (non-hydrogen) atoms. The fraction of sp³-hybridized carbons (Fsp3) is 1.00. The van der Waals surface area contributed by atoms with Crippen LogP contribution in [0.5, 0.6) is 0 Å². The summed E-state index contributed by atoms with van der Waals surface area (Å²) in [5.74, 6) is 0. The monoisotopic (exact) mass is 137 g/mol. The summed E-state index contributed by atoms with van der Waals surface area (Å²) in [6, 6.07) is 0. The smallest absolute Gasteiger partial charge is 0.137 e. The number of hydrogen-bond donors (Lipinski definition) is 0. The van der Waals surface area contributed by atoms with E-state index in [9.17, 15) is 0 Å². The first-order valence-corrected chi connectivity index (χ1v) is 6.13. The van der Waals surface area contributed by atoms with Crippen LogP contribution in [0.2, 0.25) is 19.6 Å². The predicted octanol–water partition coefficient (Wildman–Crippen LogP) is 1.91. The summed E-state index contributed by atoms with van der Waals surface area (Å²) in [4.78, 5) is 0. The lowest BCUT2D eigenvalue weighted by molar-refractivity contribution is 0.823. The Kier molecular flexibility index (Phi) is 2.30. The molecule has 3 heteroatoms. The molecule has 0 aliphatic carbocycles. The highest BCUT2D eigenvalue weighted by molar-refractivity contribution is 6.77. The molecule has 0 N–H and O–H groups in total. The second-order valence-electron chi connectivity index (χ2n) is 2.65. The summed E-state index contributed by atoms with van der Waals surface area (Å²) >= 11 is 5.65. The standard InChI is InChI=1S/C4H12ClNSi/c1-6(5)7(2,3)4/h1-4H3. The molecule has 0 amide bonds. The highest BCUT2D eigenvalue weighted by atomic mass is 35.5. The van der Waals surface area contributed by atoms with Crippen molar-refractivity contribution in [3.8, 4) is 0 Å². The van der Waals surface area contributed by atoms with Crippen molar-refractivity contribution in [2.24, 2.45) is 0 Å². The maximum Gasteiger partial charge on any atom is 0.137 e. The minimum atomic E-state index is -1.14. The van der Waals surface area contributed by atoms with Crippen LogP contribution < -0.4 is 0 Å². The maximum atomic E-state index is 5.65. The second-order valence-corrected chi connectivity index (χ2v) is 8.45. The Labute approximate surface area is 51.5 Å². The fourth-order valence-electron chi connectivity index (χ4n) is 0. The summed E-state index contributed by atoms with van der Waals surface area (Å²) < 4.78 is 1.80. The van der Waals surface area contributed by atoms with E-state index in [0.29, 0.717) is 0 Å². The molecule has 0 aliphatic rings. The maximum absolute atomic E-state index is 5.65. The molecule has 0 aromatic rings. The van der Waals surface area contributed by atoms with E-state index >= 15 is 0 Å². The Hall–Kier alpha value is 0.467. The van der Waals surface area contributed by atoms with Crippen molar-refractivity contribution in [1.29, 1.82) is 0 Å².